The summed E-state index contributed by atoms with van der Waals surface area (Å²) in [7, 11) is 3.99. The summed E-state index contributed by atoms with van der Waals surface area (Å²) in [4.78, 5) is 29.5. The van der Waals surface area contributed by atoms with E-state index in [1.807, 2.05) is 36.9 Å². The SMILES string of the molecule is Cc1nc(CC2CCN(C(=O)c3cccnc3)CC2)cc(N(C)C)n1. The van der Waals surface area contributed by atoms with E-state index < -0.39 is 0 Å². The molecule has 2 aromatic rings. The minimum Gasteiger partial charge on any atom is -0.363 e. The zero-order valence-corrected chi connectivity index (χ0v) is 15.1. The third-order valence-electron chi connectivity index (χ3n) is 4.64. The number of amides is 1. The lowest BCUT2D eigenvalue weighted by Gasteiger charge is -2.32. The highest BCUT2D eigenvalue weighted by molar-refractivity contribution is 5.93. The quantitative estimate of drug-likeness (QED) is 0.855. The van der Waals surface area contributed by atoms with Gasteiger partial charge in [0.2, 0.25) is 0 Å². The zero-order valence-electron chi connectivity index (χ0n) is 15.1. The average Bonchev–Trinajstić information content (AvgIpc) is 2.62. The van der Waals surface area contributed by atoms with Crippen molar-refractivity contribution in [3.05, 3.63) is 47.7 Å². The molecule has 0 saturated carbocycles. The molecule has 1 fully saturated rings. The summed E-state index contributed by atoms with van der Waals surface area (Å²) >= 11 is 0. The smallest absolute Gasteiger partial charge is 0.255 e. The Balaban J connectivity index is 1.59. The lowest BCUT2D eigenvalue weighted by atomic mass is 9.91. The van der Waals surface area contributed by atoms with Crippen molar-refractivity contribution in [3.63, 3.8) is 0 Å². The van der Waals surface area contributed by atoms with Gasteiger partial charge in [-0.05, 0) is 44.2 Å². The van der Waals surface area contributed by atoms with Gasteiger partial charge in [-0.15, -0.1) is 0 Å². The number of pyridine rings is 1. The van der Waals surface area contributed by atoms with Crippen LogP contribution in [0.1, 0.15) is 34.7 Å². The molecule has 0 aromatic carbocycles. The number of aryl methyl sites for hydroxylation is 1. The summed E-state index contributed by atoms with van der Waals surface area (Å²) in [6.07, 6.45) is 6.29. The van der Waals surface area contributed by atoms with Gasteiger partial charge in [-0.2, -0.15) is 0 Å². The molecule has 0 radical (unpaired) electrons. The van der Waals surface area contributed by atoms with Crippen LogP contribution < -0.4 is 4.90 Å². The first-order valence-corrected chi connectivity index (χ1v) is 8.74. The summed E-state index contributed by atoms with van der Waals surface area (Å²) in [5.74, 6) is 2.40. The minimum atomic E-state index is 0.0827. The monoisotopic (exact) mass is 339 g/mol. The summed E-state index contributed by atoms with van der Waals surface area (Å²) in [6, 6.07) is 5.70. The van der Waals surface area contributed by atoms with Gasteiger partial charge in [-0.1, -0.05) is 0 Å². The molecule has 1 aliphatic rings. The van der Waals surface area contributed by atoms with Crippen LogP contribution in [-0.4, -0.2) is 52.9 Å². The fourth-order valence-electron chi connectivity index (χ4n) is 3.25. The second kappa shape index (κ2) is 7.59. The molecule has 1 amide bonds. The van der Waals surface area contributed by atoms with Gasteiger partial charge in [-0.3, -0.25) is 9.78 Å². The standard InChI is InChI=1S/C19H25N5O/c1-14-21-17(12-18(22-14)23(2)3)11-15-6-9-24(10-7-15)19(25)16-5-4-8-20-13-16/h4-5,8,12-13,15H,6-7,9-11H2,1-3H3. The fourth-order valence-corrected chi connectivity index (χ4v) is 3.25. The number of carbonyl (C=O) groups is 1. The van der Waals surface area contributed by atoms with Crippen molar-refractivity contribution in [2.75, 3.05) is 32.1 Å². The van der Waals surface area contributed by atoms with Crippen LogP contribution in [0.4, 0.5) is 5.82 Å². The van der Waals surface area contributed by atoms with Crippen LogP contribution >= 0.6 is 0 Å². The van der Waals surface area contributed by atoms with Gasteiger partial charge in [0, 0.05) is 51.3 Å². The van der Waals surface area contributed by atoms with E-state index in [1.165, 1.54) is 0 Å². The molecule has 6 nitrogen and oxygen atoms in total. The first kappa shape index (κ1) is 17.3. The zero-order chi connectivity index (χ0) is 17.8. The first-order valence-electron chi connectivity index (χ1n) is 8.74. The number of likely N-dealkylation sites (tertiary alicyclic amines) is 1. The molecule has 1 aliphatic heterocycles. The van der Waals surface area contributed by atoms with Crippen LogP contribution in [0.5, 0.6) is 0 Å². The Kier molecular flexibility index (Phi) is 5.26. The van der Waals surface area contributed by atoms with E-state index in [1.54, 1.807) is 18.5 Å². The molecule has 1 saturated heterocycles. The van der Waals surface area contributed by atoms with Crippen molar-refractivity contribution >= 4 is 11.7 Å². The Morgan fingerprint density at radius 3 is 2.68 bits per heavy atom. The Bertz CT molecular complexity index is 724. The molecule has 2 aromatic heterocycles. The van der Waals surface area contributed by atoms with E-state index in [2.05, 4.69) is 21.0 Å². The van der Waals surface area contributed by atoms with Crippen molar-refractivity contribution < 1.29 is 4.79 Å². The van der Waals surface area contributed by atoms with Crippen molar-refractivity contribution in [1.29, 1.82) is 0 Å². The predicted molar refractivity (Wildman–Crippen MR) is 97.7 cm³/mol. The van der Waals surface area contributed by atoms with Gasteiger partial charge in [0.25, 0.3) is 5.91 Å². The Morgan fingerprint density at radius 1 is 1.28 bits per heavy atom. The second-order valence-electron chi connectivity index (χ2n) is 6.84. The molecule has 3 heterocycles. The summed E-state index contributed by atoms with van der Waals surface area (Å²) in [6.45, 7) is 3.53. The molecule has 6 heteroatoms. The Labute approximate surface area is 148 Å². The van der Waals surface area contributed by atoms with Crippen molar-refractivity contribution in [2.24, 2.45) is 5.92 Å². The van der Waals surface area contributed by atoms with E-state index in [4.69, 9.17) is 0 Å². The third kappa shape index (κ3) is 4.32. The molecule has 0 bridgehead atoms. The van der Waals surface area contributed by atoms with Crippen molar-refractivity contribution in [1.82, 2.24) is 19.9 Å². The summed E-state index contributed by atoms with van der Waals surface area (Å²) in [5, 5.41) is 0. The van der Waals surface area contributed by atoms with Crippen LogP contribution in [0.3, 0.4) is 0 Å². The van der Waals surface area contributed by atoms with E-state index in [0.717, 1.165) is 49.7 Å². The lowest BCUT2D eigenvalue weighted by Crippen LogP contribution is -2.39. The van der Waals surface area contributed by atoms with Crippen LogP contribution in [0.2, 0.25) is 0 Å². The molecule has 25 heavy (non-hydrogen) atoms. The summed E-state index contributed by atoms with van der Waals surface area (Å²) < 4.78 is 0. The number of carbonyl (C=O) groups excluding carboxylic acids is 1. The topological polar surface area (TPSA) is 62.2 Å². The number of anilines is 1. The fraction of sp³-hybridized carbons (Fsp3) is 0.474. The number of nitrogens with zero attached hydrogens (tertiary/aromatic N) is 5. The Hall–Kier alpha value is -2.50. The van der Waals surface area contributed by atoms with Gasteiger partial charge < -0.3 is 9.80 Å². The van der Waals surface area contributed by atoms with Crippen LogP contribution in [0, 0.1) is 12.8 Å². The highest BCUT2D eigenvalue weighted by Crippen LogP contribution is 2.23. The second-order valence-corrected chi connectivity index (χ2v) is 6.84. The molecule has 0 spiro atoms. The highest BCUT2D eigenvalue weighted by atomic mass is 16.2. The van der Waals surface area contributed by atoms with Crippen LogP contribution in [0.25, 0.3) is 0 Å². The maximum absolute atomic E-state index is 12.5. The van der Waals surface area contributed by atoms with E-state index in [0.29, 0.717) is 11.5 Å². The maximum atomic E-state index is 12.5. The molecule has 0 aliphatic carbocycles. The van der Waals surface area contributed by atoms with E-state index in [-0.39, 0.29) is 5.91 Å². The largest absolute Gasteiger partial charge is 0.363 e. The lowest BCUT2D eigenvalue weighted by molar-refractivity contribution is 0.0690. The van der Waals surface area contributed by atoms with Gasteiger partial charge in [0.05, 0.1) is 5.56 Å². The normalized spacial score (nSPS) is 15.2. The number of piperidine rings is 1. The molecular formula is C19H25N5O. The third-order valence-corrected chi connectivity index (χ3v) is 4.64. The van der Waals surface area contributed by atoms with Gasteiger partial charge in [0.1, 0.15) is 11.6 Å². The molecule has 132 valence electrons. The van der Waals surface area contributed by atoms with Gasteiger partial charge >= 0.3 is 0 Å². The predicted octanol–water partition coefficient (Wildman–Crippen LogP) is 2.34. The van der Waals surface area contributed by atoms with Crippen molar-refractivity contribution in [3.8, 4) is 0 Å². The van der Waals surface area contributed by atoms with Crippen LogP contribution in [0.15, 0.2) is 30.6 Å². The number of hydrogen-bond donors (Lipinski definition) is 0. The average molecular weight is 339 g/mol. The summed E-state index contributed by atoms with van der Waals surface area (Å²) in [5.41, 5.74) is 1.76. The van der Waals surface area contributed by atoms with Crippen LogP contribution in [-0.2, 0) is 6.42 Å². The molecule has 3 rings (SSSR count). The molecular weight excluding hydrogens is 314 g/mol. The Morgan fingerprint density at radius 2 is 2.04 bits per heavy atom. The number of rotatable bonds is 4. The van der Waals surface area contributed by atoms with E-state index >= 15 is 0 Å². The van der Waals surface area contributed by atoms with Crippen molar-refractivity contribution in [2.45, 2.75) is 26.2 Å². The molecule has 0 N–H and O–H groups in total. The van der Waals surface area contributed by atoms with E-state index in [9.17, 15) is 4.79 Å². The number of aromatic nitrogens is 3. The minimum absolute atomic E-state index is 0.0827. The van der Waals surface area contributed by atoms with Gasteiger partial charge in [-0.25, -0.2) is 9.97 Å². The van der Waals surface area contributed by atoms with Gasteiger partial charge in [0.15, 0.2) is 0 Å². The molecule has 0 unspecified atom stereocenters. The first-order chi connectivity index (χ1) is 12.0. The molecule has 0 atom stereocenters. The number of hydrogen-bond acceptors (Lipinski definition) is 5. The maximum Gasteiger partial charge on any atom is 0.255 e. The highest BCUT2D eigenvalue weighted by Gasteiger charge is 2.24.